The predicted molar refractivity (Wildman–Crippen MR) is 117 cm³/mol. The number of aliphatic hydroxyl groups excluding tert-OH is 1. The molecule has 0 saturated carbocycles. The highest BCUT2D eigenvalue weighted by molar-refractivity contribution is 5.90. The third-order valence-electron chi connectivity index (χ3n) is 5.32. The zero-order chi connectivity index (χ0) is 26.8. The van der Waals surface area contributed by atoms with E-state index in [-0.39, 0.29) is 41.6 Å². The first-order chi connectivity index (χ1) is 17.5. The molecular weight excluding hydrogens is 506 g/mol. The first-order valence-corrected chi connectivity index (χ1v) is 10.6. The standard InChI is InChI=1S/C22H19F4N5O6/c1-21(8-17(22(24,25)26)29-19(36-21)30-20(33)34)13-6-11(2-3-14(13)23)16-7-15(31-37-16)18-27-9-12(10-28-18)35-5-4-32/h2-3,6-7,9-10,17,32H,4-5,8H2,1H3,(H,29,30)(H,33,34)/t17-,21-/m0/s1. The molecule has 37 heavy (non-hydrogen) atoms. The fourth-order valence-corrected chi connectivity index (χ4v) is 3.63. The lowest BCUT2D eigenvalue weighted by Gasteiger charge is -2.38. The summed E-state index contributed by atoms with van der Waals surface area (Å²) in [5.41, 5.74) is -1.75. The Kier molecular flexibility index (Phi) is 6.98. The molecular formula is C22H19F4N5O6. The van der Waals surface area contributed by atoms with Gasteiger partial charge in [0, 0.05) is 23.6 Å². The summed E-state index contributed by atoms with van der Waals surface area (Å²) in [5.74, 6) is -0.261. The number of benzene rings is 1. The molecule has 11 nitrogen and oxygen atoms in total. The number of nitrogens with zero attached hydrogens (tertiary/aromatic N) is 4. The zero-order valence-corrected chi connectivity index (χ0v) is 19.0. The van der Waals surface area contributed by atoms with Crippen molar-refractivity contribution in [3.8, 4) is 28.6 Å². The molecule has 0 fully saturated rings. The highest BCUT2D eigenvalue weighted by Crippen LogP contribution is 2.42. The molecule has 1 aromatic carbocycles. The Morgan fingerprint density at radius 1 is 1.27 bits per heavy atom. The number of alkyl halides is 3. The summed E-state index contributed by atoms with van der Waals surface area (Å²) < 4.78 is 71.4. The van der Waals surface area contributed by atoms with Crippen molar-refractivity contribution in [3.05, 3.63) is 48.0 Å². The van der Waals surface area contributed by atoms with Gasteiger partial charge in [-0.05, 0) is 25.1 Å². The third kappa shape index (κ3) is 5.77. The summed E-state index contributed by atoms with van der Waals surface area (Å²) in [6, 6.07) is 1.77. The molecule has 0 saturated heterocycles. The van der Waals surface area contributed by atoms with Crippen LogP contribution in [-0.4, -0.2) is 62.9 Å². The number of carboxylic acid groups (broad SMARTS) is 1. The van der Waals surface area contributed by atoms with Crippen molar-refractivity contribution in [2.75, 3.05) is 13.2 Å². The van der Waals surface area contributed by atoms with Gasteiger partial charge in [0.15, 0.2) is 29.1 Å². The Morgan fingerprint density at radius 3 is 2.65 bits per heavy atom. The average molecular weight is 525 g/mol. The first kappa shape index (κ1) is 25.8. The van der Waals surface area contributed by atoms with E-state index in [1.165, 1.54) is 37.5 Å². The summed E-state index contributed by atoms with van der Waals surface area (Å²) in [7, 11) is 0. The fraction of sp³-hybridized carbons (Fsp3) is 0.318. The minimum atomic E-state index is -4.83. The normalized spacial score (nSPS) is 19.6. The average Bonchev–Trinajstić information content (AvgIpc) is 3.32. The SMILES string of the molecule is C[C@@]1(c2cc(-c3cc(-c4ncc(OCCO)cn4)no3)ccc2F)C[C@@H](C(F)(F)F)N=C(NC(=O)O)O1. The van der Waals surface area contributed by atoms with Crippen LogP contribution in [-0.2, 0) is 10.3 Å². The summed E-state index contributed by atoms with van der Waals surface area (Å²) in [6.07, 6.45) is -4.59. The van der Waals surface area contributed by atoms with Crippen molar-refractivity contribution in [3.63, 3.8) is 0 Å². The molecule has 3 aromatic rings. The number of hydrogen-bond acceptors (Lipinski definition) is 9. The van der Waals surface area contributed by atoms with Crippen LogP contribution in [0.25, 0.3) is 22.8 Å². The topological polar surface area (TPSA) is 152 Å². The van der Waals surface area contributed by atoms with Crippen LogP contribution in [0.3, 0.4) is 0 Å². The summed E-state index contributed by atoms with van der Waals surface area (Å²) in [6.45, 7) is 1.08. The number of nitrogens with one attached hydrogen (secondary N) is 1. The smallest absolute Gasteiger partial charge is 0.412 e. The van der Waals surface area contributed by atoms with E-state index in [2.05, 4.69) is 20.1 Å². The highest BCUT2D eigenvalue weighted by atomic mass is 19.4. The molecule has 1 aliphatic rings. The number of carbonyl (C=O) groups is 1. The maximum Gasteiger partial charge on any atom is 0.412 e. The van der Waals surface area contributed by atoms with E-state index >= 15 is 0 Å². The molecule has 2 aromatic heterocycles. The highest BCUT2D eigenvalue weighted by Gasteiger charge is 2.50. The summed E-state index contributed by atoms with van der Waals surface area (Å²) in [4.78, 5) is 22.5. The van der Waals surface area contributed by atoms with Crippen LogP contribution < -0.4 is 10.1 Å². The van der Waals surface area contributed by atoms with E-state index in [1.54, 1.807) is 5.32 Å². The lowest BCUT2D eigenvalue weighted by Crippen LogP contribution is -2.48. The van der Waals surface area contributed by atoms with E-state index in [9.17, 15) is 22.4 Å². The van der Waals surface area contributed by atoms with Crippen LogP contribution in [0.2, 0.25) is 0 Å². The van der Waals surface area contributed by atoms with Crippen molar-refractivity contribution >= 4 is 12.1 Å². The van der Waals surface area contributed by atoms with Crippen molar-refractivity contribution < 1.29 is 46.6 Å². The van der Waals surface area contributed by atoms with Gasteiger partial charge in [-0.1, -0.05) is 5.16 Å². The number of halogens is 4. The zero-order valence-electron chi connectivity index (χ0n) is 19.0. The lowest BCUT2D eigenvalue weighted by atomic mass is 9.86. The van der Waals surface area contributed by atoms with Crippen molar-refractivity contribution in [2.45, 2.75) is 31.2 Å². The number of amides is 1. The molecule has 15 heteroatoms. The van der Waals surface area contributed by atoms with Gasteiger partial charge in [-0.3, -0.25) is 0 Å². The molecule has 0 unspecified atom stereocenters. The van der Waals surface area contributed by atoms with Gasteiger partial charge in [-0.2, -0.15) is 13.2 Å². The maximum atomic E-state index is 14.9. The monoisotopic (exact) mass is 525 g/mol. The Bertz CT molecular complexity index is 1310. The van der Waals surface area contributed by atoms with E-state index in [1.807, 2.05) is 0 Å². The quantitative estimate of drug-likeness (QED) is 0.411. The molecule has 0 bridgehead atoms. The Balaban J connectivity index is 1.64. The van der Waals surface area contributed by atoms with Crippen LogP contribution in [0.5, 0.6) is 5.75 Å². The Hall–Kier alpha value is -4.27. The van der Waals surface area contributed by atoms with E-state index in [0.717, 1.165) is 6.07 Å². The minimum absolute atomic E-state index is 0.0653. The van der Waals surface area contributed by atoms with E-state index < -0.39 is 42.2 Å². The first-order valence-electron chi connectivity index (χ1n) is 10.6. The molecule has 0 spiro atoms. The number of aliphatic hydroxyl groups is 1. The molecule has 0 radical (unpaired) electrons. The molecule has 196 valence electrons. The van der Waals surface area contributed by atoms with E-state index in [4.69, 9.17) is 24.2 Å². The second kappa shape index (κ2) is 10.0. The van der Waals surface area contributed by atoms with Crippen molar-refractivity contribution in [1.29, 1.82) is 0 Å². The van der Waals surface area contributed by atoms with Crippen LogP contribution in [0.15, 0.2) is 46.2 Å². The van der Waals surface area contributed by atoms with Gasteiger partial charge in [-0.25, -0.2) is 29.5 Å². The molecule has 1 aliphatic heterocycles. The van der Waals surface area contributed by atoms with Gasteiger partial charge in [-0.15, -0.1) is 0 Å². The summed E-state index contributed by atoms with van der Waals surface area (Å²) >= 11 is 0. The fourth-order valence-electron chi connectivity index (χ4n) is 3.63. The van der Waals surface area contributed by atoms with Crippen molar-refractivity contribution in [1.82, 2.24) is 20.4 Å². The Morgan fingerprint density at radius 2 is 2.00 bits per heavy atom. The molecule has 3 N–H and O–H groups in total. The number of ether oxygens (including phenoxy) is 2. The molecule has 3 heterocycles. The second-order valence-corrected chi connectivity index (χ2v) is 8.04. The van der Waals surface area contributed by atoms with Gasteiger partial charge in [0.2, 0.25) is 0 Å². The summed E-state index contributed by atoms with van der Waals surface area (Å²) in [5, 5.41) is 23.3. The number of aromatic nitrogens is 3. The lowest BCUT2D eigenvalue weighted by molar-refractivity contribution is -0.164. The molecule has 2 atom stereocenters. The van der Waals surface area contributed by atoms with Gasteiger partial charge in [0.25, 0.3) is 6.02 Å². The van der Waals surface area contributed by atoms with Crippen LogP contribution in [0.4, 0.5) is 22.4 Å². The number of hydrogen-bond donors (Lipinski definition) is 3. The van der Waals surface area contributed by atoms with E-state index in [0.29, 0.717) is 5.75 Å². The van der Waals surface area contributed by atoms with Gasteiger partial charge >= 0.3 is 12.3 Å². The van der Waals surface area contributed by atoms with Gasteiger partial charge < -0.3 is 24.2 Å². The third-order valence-corrected chi connectivity index (χ3v) is 5.32. The largest absolute Gasteiger partial charge is 0.488 e. The molecule has 4 rings (SSSR count). The van der Waals surface area contributed by atoms with Gasteiger partial charge in [0.1, 0.15) is 18.0 Å². The number of aliphatic imine (C=N–C) groups is 1. The maximum absolute atomic E-state index is 14.9. The number of rotatable bonds is 6. The second-order valence-electron chi connectivity index (χ2n) is 8.04. The van der Waals surface area contributed by atoms with Crippen LogP contribution in [0, 0.1) is 5.82 Å². The van der Waals surface area contributed by atoms with Crippen molar-refractivity contribution in [2.24, 2.45) is 4.99 Å². The predicted octanol–water partition coefficient (Wildman–Crippen LogP) is 3.50. The van der Waals surface area contributed by atoms with Crippen LogP contribution in [0.1, 0.15) is 18.9 Å². The molecule has 0 aliphatic carbocycles. The number of amidine groups is 1. The minimum Gasteiger partial charge on any atom is -0.488 e. The molecule has 1 amide bonds. The van der Waals surface area contributed by atoms with Gasteiger partial charge in [0.05, 0.1) is 19.0 Å². The Labute approximate surface area is 205 Å². The van der Waals surface area contributed by atoms with Crippen LogP contribution >= 0.6 is 0 Å².